The average molecular weight is 148 g/mol. The zero-order chi connectivity index (χ0) is 7.47. The molecule has 4 aliphatic rings. The van der Waals surface area contributed by atoms with E-state index in [9.17, 15) is 0 Å². The Hall–Kier alpha value is 0.0249. The van der Waals surface area contributed by atoms with Gasteiger partial charge in [-0.15, -0.1) is 0 Å². The van der Waals surface area contributed by atoms with Gasteiger partial charge in [0, 0.05) is 17.8 Å². The lowest BCUT2D eigenvalue weighted by Gasteiger charge is -2.57. The van der Waals surface area contributed by atoms with Crippen molar-refractivity contribution in [1.82, 2.24) is 0 Å². The highest BCUT2D eigenvalue weighted by Crippen LogP contribution is 2.45. The Bertz CT molecular complexity index is 155. The van der Waals surface area contributed by atoms with Gasteiger partial charge in [-0.2, -0.15) is 0 Å². The molecular weight excluding hydrogens is 133 g/mol. The molecule has 0 spiro atoms. The van der Waals surface area contributed by atoms with E-state index in [1.165, 1.54) is 38.9 Å². The SMILES string of the molecule is [B][N+]12CC3CC(CC(C3)C1)C2. The Kier molecular flexibility index (Phi) is 1.10. The molecule has 0 aromatic heterocycles. The highest BCUT2D eigenvalue weighted by Gasteiger charge is 2.48. The van der Waals surface area contributed by atoms with Gasteiger partial charge < -0.3 is 4.39 Å². The lowest BCUT2D eigenvalue weighted by atomic mass is 9.65. The summed E-state index contributed by atoms with van der Waals surface area (Å²) in [4.78, 5) is 0. The molecule has 0 atom stereocenters. The van der Waals surface area contributed by atoms with Crippen LogP contribution in [-0.4, -0.2) is 32.0 Å². The quantitative estimate of drug-likeness (QED) is 0.448. The van der Waals surface area contributed by atoms with E-state index in [1.807, 2.05) is 0 Å². The van der Waals surface area contributed by atoms with Gasteiger partial charge in [0.25, 0.3) is 0 Å². The van der Waals surface area contributed by atoms with E-state index in [0.717, 1.165) is 22.1 Å². The zero-order valence-electron chi connectivity index (χ0n) is 7.00. The summed E-state index contributed by atoms with van der Waals surface area (Å²) >= 11 is 0. The van der Waals surface area contributed by atoms with E-state index in [-0.39, 0.29) is 0 Å². The van der Waals surface area contributed by atoms with E-state index < -0.39 is 0 Å². The second-order valence-electron chi connectivity index (χ2n) is 5.07. The molecule has 3 aliphatic heterocycles. The molecule has 1 aliphatic carbocycles. The van der Waals surface area contributed by atoms with Crippen LogP contribution < -0.4 is 0 Å². The second kappa shape index (κ2) is 1.85. The van der Waals surface area contributed by atoms with Crippen molar-refractivity contribution in [2.75, 3.05) is 19.6 Å². The van der Waals surface area contributed by atoms with Crippen LogP contribution in [0.25, 0.3) is 0 Å². The smallest absolute Gasteiger partial charge is 0.396 e. The number of hydrogen-bond donors (Lipinski definition) is 0. The third-order valence-corrected chi connectivity index (χ3v) is 3.87. The van der Waals surface area contributed by atoms with E-state index in [0.29, 0.717) is 0 Å². The minimum atomic E-state index is 0.931. The predicted molar refractivity (Wildman–Crippen MR) is 44.9 cm³/mol. The summed E-state index contributed by atoms with van der Waals surface area (Å²) in [6.45, 7) is 3.85. The van der Waals surface area contributed by atoms with Crippen molar-refractivity contribution in [3.63, 3.8) is 0 Å². The fraction of sp³-hybridized carbons (Fsp3) is 1.00. The van der Waals surface area contributed by atoms with E-state index in [2.05, 4.69) is 0 Å². The second-order valence-corrected chi connectivity index (χ2v) is 5.07. The van der Waals surface area contributed by atoms with Crippen LogP contribution in [0.1, 0.15) is 19.3 Å². The molecule has 1 nitrogen and oxygen atoms in total. The fourth-order valence-electron chi connectivity index (χ4n) is 3.92. The molecule has 2 radical (unpaired) electrons. The average Bonchev–Trinajstić information content (AvgIpc) is 1.79. The first kappa shape index (κ1) is 6.53. The summed E-state index contributed by atoms with van der Waals surface area (Å²) in [7, 11) is 6.26. The molecular formula is C9H15BN+. The van der Waals surface area contributed by atoms with Gasteiger partial charge in [0.05, 0.1) is 19.6 Å². The van der Waals surface area contributed by atoms with Crippen molar-refractivity contribution < 1.29 is 4.39 Å². The van der Waals surface area contributed by atoms with Crippen LogP contribution in [-0.2, 0) is 0 Å². The van der Waals surface area contributed by atoms with Gasteiger partial charge in [0.15, 0.2) is 0 Å². The van der Waals surface area contributed by atoms with Crippen molar-refractivity contribution in [3.8, 4) is 0 Å². The maximum absolute atomic E-state index is 6.26. The summed E-state index contributed by atoms with van der Waals surface area (Å²) < 4.78 is 0.931. The highest BCUT2D eigenvalue weighted by atomic mass is 15.3. The Morgan fingerprint density at radius 1 is 0.818 bits per heavy atom. The molecule has 4 rings (SSSR count). The van der Waals surface area contributed by atoms with Crippen molar-refractivity contribution >= 4 is 7.98 Å². The van der Waals surface area contributed by atoms with Crippen LogP contribution in [0.15, 0.2) is 0 Å². The monoisotopic (exact) mass is 148 g/mol. The van der Waals surface area contributed by atoms with Crippen LogP contribution in [0.2, 0.25) is 0 Å². The van der Waals surface area contributed by atoms with Crippen molar-refractivity contribution in [2.24, 2.45) is 17.8 Å². The first-order valence-electron chi connectivity index (χ1n) is 4.88. The van der Waals surface area contributed by atoms with E-state index >= 15 is 0 Å². The Morgan fingerprint density at radius 3 is 1.45 bits per heavy atom. The lowest BCUT2D eigenvalue weighted by Crippen LogP contribution is -2.64. The largest absolute Gasteiger partial charge is 0.481 e. The number of nitrogens with zero attached hydrogens (tertiary/aromatic N) is 1. The Labute approximate surface area is 69.8 Å². The molecule has 58 valence electrons. The molecule has 11 heavy (non-hydrogen) atoms. The summed E-state index contributed by atoms with van der Waals surface area (Å²) in [5, 5.41) is 0. The zero-order valence-corrected chi connectivity index (χ0v) is 7.00. The molecule has 4 bridgehead atoms. The molecule has 0 aromatic rings. The standard InChI is InChI=1S/C9H15BN/c10-11-4-7-1-8(5-11)3-9(2-7)6-11/h7-9H,1-6H2/q+1. The van der Waals surface area contributed by atoms with Crippen LogP contribution in [0.4, 0.5) is 0 Å². The summed E-state index contributed by atoms with van der Waals surface area (Å²) in [6, 6.07) is 0. The first-order chi connectivity index (χ1) is 5.23. The maximum atomic E-state index is 6.26. The van der Waals surface area contributed by atoms with Crippen LogP contribution in [0.5, 0.6) is 0 Å². The molecule has 0 N–H and O–H groups in total. The number of hydrogen-bond acceptors (Lipinski definition) is 0. The van der Waals surface area contributed by atoms with Gasteiger partial charge in [0.2, 0.25) is 0 Å². The van der Waals surface area contributed by atoms with Crippen LogP contribution >= 0.6 is 0 Å². The van der Waals surface area contributed by atoms with Crippen LogP contribution in [0.3, 0.4) is 0 Å². The Morgan fingerprint density at radius 2 is 1.18 bits per heavy atom. The first-order valence-corrected chi connectivity index (χ1v) is 4.88. The van der Waals surface area contributed by atoms with E-state index in [4.69, 9.17) is 7.98 Å². The topological polar surface area (TPSA) is 0 Å². The molecule has 0 unspecified atom stereocenters. The molecule has 2 heteroatoms. The molecule has 0 amide bonds. The van der Waals surface area contributed by atoms with Crippen LogP contribution in [0, 0.1) is 17.8 Å². The maximum Gasteiger partial charge on any atom is 0.481 e. The van der Waals surface area contributed by atoms with Gasteiger partial charge in [-0.25, -0.2) is 0 Å². The minimum Gasteiger partial charge on any atom is -0.396 e. The number of rotatable bonds is 0. The summed E-state index contributed by atoms with van der Waals surface area (Å²) in [6.07, 6.45) is 4.48. The molecule has 3 heterocycles. The third kappa shape index (κ3) is 0.884. The van der Waals surface area contributed by atoms with Crippen molar-refractivity contribution in [3.05, 3.63) is 0 Å². The predicted octanol–water partition coefficient (Wildman–Crippen LogP) is 0.946. The third-order valence-electron chi connectivity index (χ3n) is 3.87. The van der Waals surface area contributed by atoms with Crippen molar-refractivity contribution in [1.29, 1.82) is 0 Å². The van der Waals surface area contributed by atoms with Gasteiger partial charge in [-0.05, 0) is 19.3 Å². The fourth-order valence-corrected chi connectivity index (χ4v) is 3.92. The van der Waals surface area contributed by atoms with Gasteiger partial charge >= 0.3 is 7.98 Å². The highest BCUT2D eigenvalue weighted by molar-refractivity contribution is 5.97. The molecule has 4 fully saturated rings. The summed E-state index contributed by atoms with van der Waals surface area (Å²) in [5.41, 5.74) is 0. The Balaban J connectivity index is 1.94. The van der Waals surface area contributed by atoms with Gasteiger partial charge in [0.1, 0.15) is 0 Å². The molecule has 1 saturated carbocycles. The molecule has 3 saturated heterocycles. The normalized spacial score (nSPS) is 60.2. The van der Waals surface area contributed by atoms with E-state index in [1.54, 1.807) is 0 Å². The van der Waals surface area contributed by atoms with Gasteiger partial charge in [-0.1, -0.05) is 0 Å². The summed E-state index contributed by atoms with van der Waals surface area (Å²) in [5.74, 6) is 2.98. The number of quaternary nitrogens is 1. The minimum absolute atomic E-state index is 0.931. The van der Waals surface area contributed by atoms with Gasteiger partial charge in [-0.3, -0.25) is 0 Å². The number of piperidine rings is 3. The van der Waals surface area contributed by atoms with Crippen molar-refractivity contribution in [2.45, 2.75) is 19.3 Å². The lowest BCUT2D eigenvalue weighted by molar-refractivity contribution is -0.850. The molecule has 0 aromatic carbocycles.